The number of nitrogens with zero attached hydrogens (tertiary/aromatic N) is 3. The molecule has 2 N–H and O–H groups in total. The molecule has 6 rings (SSSR count). The SMILES string of the molecule is CC(C)(C)OC(=O)NCc1n[nH]c(=O)c2cc(-c3cncc(N4C(=O)C5(CC5)c5ccccc54)c3)ccc12. The third-order valence-electron chi connectivity index (χ3n) is 7.00. The summed E-state index contributed by atoms with van der Waals surface area (Å²) in [7, 11) is 0. The van der Waals surface area contributed by atoms with Crippen LogP contribution in [-0.2, 0) is 21.5 Å². The summed E-state index contributed by atoms with van der Waals surface area (Å²) in [5.74, 6) is 0.0841. The van der Waals surface area contributed by atoms with Crippen LogP contribution in [0, 0.1) is 0 Å². The van der Waals surface area contributed by atoms with Gasteiger partial charge in [0, 0.05) is 17.1 Å². The minimum atomic E-state index is -0.622. The minimum absolute atomic E-state index is 0.0841. The van der Waals surface area contributed by atoms with Crippen molar-refractivity contribution in [3.8, 4) is 11.1 Å². The number of carbonyl (C=O) groups is 2. The van der Waals surface area contributed by atoms with Crippen LogP contribution in [0.25, 0.3) is 21.9 Å². The van der Waals surface area contributed by atoms with Crippen molar-refractivity contribution in [3.63, 3.8) is 0 Å². The molecule has 1 spiro atoms. The topological polar surface area (TPSA) is 117 Å². The van der Waals surface area contributed by atoms with E-state index in [1.165, 1.54) is 0 Å². The maximum absolute atomic E-state index is 13.4. The molecule has 2 aliphatic rings. The van der Waals surface area contributed by atoms with Gasteiger partial charge in [-0.1, -0.05) is 30.3 Å². The number of amides is 2. The molecule has 0 bridgehead atoms. The Morgan fingerprint density at radius 3 is 2.61 bits per heavy atom. The quantitative estimate of drug-likeness (QED) is 0.411. The van der Waals surface area contributed by atoms with Crippen molar-refractivity contribution in [2.45, 2.75) is 51.2 Å². The van der Waals surface area contributed by atoms with Gasteiger partial charge in [-0.3, -0.25) is 19.5 Å². The third kappa shape index (κ3) is 4.00. The monoisotopic (exact) mass is 509 g/mol. The van der Waals surface area contributed by atoms with Gasteiger partial charge in [-0.05, 0) is 62.9 Å². The highest BCUT2D eigenvalue weighted by molar-refractivity contribution is 6.14. The number of para-hydroxylation sites is 1. The van der Waals surface area contributed by atoms with E-state index in [9.17, 15) is 14.4 Å². The number of nitrogens with one attached hydrogen (secondary N) is 2. The van der Waals surface area contributed by atoms with Crippen LogP contribution in [0.4, 0.5) is 16.2 Å². The predicted molar refractivity (Wildman–Crippen MR) is 143 cm³/mol. The molecular weight excluding hydrogens is 482 g/mol. The Labute approximate surface area is 218 Å². The lowest BCUT2D eigenvalue weighted by atomic mass is 9.98. The number of carbonyl (C=O) groups excluding carboxylic acids is 2. The Balaban J connectivity index is 1.32. The summed E-state index contributed by atoms with van der Waals surface area (Å²) in [6.45, 7) is 5.45. The highest BCUT2D eigenvalue weighted by atomic mass is 16.6. The average molecular weight is 510 g/mol. The first-order chi connectivity index (χ1) is 18.2. The number of H-pyrrole nitrogens is 1. The molecule has 1 saturated carbocycles. The van der Waals surface area contributed by atoms with E-state index in [2.05, 4.69) is 20.5 Å². The molecule has 0 atom stereocenters. The zero-order valence-corrected chi connectivity index (χ0v) is 21.4. The van der Waals surface area contributed by atoms with E-state index < -0.39 is 17.1 Å². The molecule has 9 nitrogen and oxygen atoms in total. The normalized spacial score (nSPS) is 15.6. The number of alkyl carbamates (subject to hydrolysis) is 1. The maximum atomic E-state index is 13.4. The van der Waals surface area contributed by atoms with E-state index in [1.54, 1.807) is 50.2 Å². The van der Waals surface area contributed by atoms with E-state index in [0.717, 1.165) is 35.2 Å². The Morgan fingerprint density at radius 1 is 1.05 bits per heavy atom. The molecule has 0 saturated heterocycles. The Hall–Kier alpha value is -4.53. The molecule has 1 fully saturated rings. The largest absolute Gasteiger partial charge is 0.444 e. The van der Waals surface area contributed by atoms with Crippen molar-refractivity contribution in [3.05, 3.63) is 82.5 Å². The molecule has 38 heavy (non-hydrogen) atoms. The van der Waals surface area contributed by atoms with Crippen LogP contribution in [0.3, 0.4) is 0 Å². The van der Waals surface area contributed by atoms with E-state index >= 15 is 0 Å². The van der Waals surface area contributed by atoms with Crippen molar-refractivity contribution >= 4 is 34.1 Å². The highest BCUT2D eigenvalue weighted by Gasteiger charge is 2.59. The summed E-state index contributed by atoms with van der Waals surface area (Å²) in [5.41, 5.74) is 3.36. The smallest absolute Gasteiger partial charge is 0.407 e. The molecule has 0 radical (unpaired) electrons. The number of benzene rings is 2. The zero-order chi connectivity index (χ0) is 26.7. The van der Waals surface area contributed by atoms with Crippen molar-refractivity contribution < 1.29 is 14.3 Å². The van der Waals surface area contributed by atoms with Crippen LogP contribution in [0.5, 0.6) is 0 Å². The standard InChI is InChI=1S/C29H27N5O4/c1-28(2,3)38-27(37)31-16-23-20-9-8-17(13-21(20)25(35)33-32-23)18-12-19(15-30-14-18)34-24-7-5-4-6-22(24)29(10-11-29)26(34)36/h4-9,12-15H,10-11,16H2,1-3H3,(H,31,37)(H,33,35). The van der Waals surface area contributed by atoms with Crippen LogP contribution in [-0.4, -0.2) is 32.8 Å². The van der Waals surface area contributed by atoms with Crippen LogP contribution in [0.15, 0.2) is 65.7 Å². The Kier molecular flexibility index (Phi) is 5.34. The summed E-state index contributed by atoms with van der Waals surface area (Å²) in [4.78, 5) is 44.4. The number of hydrogen-bond donors (Lipinski definition) is 2. The summed E-state index contributed by atoms with van der Waals surface area (Å²) in [6.07, 6.45) is 4.56. The minimum Gasteiger partial charge on any atom is -0.444 e. The first-order valence-corrected chi connectivity index (χ1v) is 12.5. The van der Waals surface area contributed by atoms with Gasteiger partial charge in [0.05, 0.1) is 40.6 Å². The number of aromatic amines is 1. The number of anilines is 2. The zero-order valence-electron chi connectivity index (χ0n) is 21.4. The number of hydrogen-bond acceptors (Lipinski definition) is 6. The second kappa shape index (κ2) is 8.51. The number of ether oxygens (including phenoxy) is 1. The van der Waals surface area contributed by atoms with Crippen LogP contribution < -0.4 is 15.8 Å². The van der Waals surface area contributed by atoms with E-state index in [4.69, 9.17) is 4.74 Å². The van der Waals surface area contributed by atoms with Crippen molar-refractivity contribution in [2.24, 2.45) is 0 Å². The summed E-state index contributed by atoms with van der Waals surface area (Å²) >= 11 is 0. The molecule has 9 heteroatoms. The molecule has 2 amide bonds. The first kappa shape index (κ1) is 23.8. The predicted octanol–water partition coefficient (Wildman–Crippen LogP) is 4.72. The fraction of sp³-hybridized carbons (Fsp3) is 0.276. The van der Waals surface area contributed by atoms with Crippen LogP contribution in [0.1, 0.15) is 44.9 Å². The maximum Gasteiger partial charge on any atom is 0.407 e. The molecule has 1 aliphatic heterocycles. The molecule has 2 aromatic heterocycles. The number of pyridine rings is 1. The van der Waals surface area contributed by atoms with Gasteiger partial charge in [0.15, 0.2) is 0 Å². The van der Waals surface area contributed by atoms with Crippen molar-refractivity contribution in [1.29, 1.82) is 0 Å². The molecule has 0 unspecified atom stereocenters. The molecule has 4 aromatic rings. The second-order valence-corrected chi connectivity index (χ2v) is 10.8. The van der Waals surface area contributed by atoms with Gasteiger partial charge < -0.3 is 10.1 Å². The summed E-state index contributed by atoms with van der Waals surface area (Å²) < 4.78 is 5.29. The molecule has 192 valence electrons. The van der Waals surface area contributed by atoms with Crippen LogP contribution in [0.2, 0.25) is 0 Å². The van der Waals surface area contributed by atoms with E-state index in [0.29, 0.717) is 22.2 Å². The van der Waals surface area contributed by atoms with Crippen molar-refractivity contribution in [2.75, 3.05) is 4.90 Å². The van der Waals surface area contributed by atoms with Crippen LogP contribution >= 0.6 is 0 Å². The van der Waals surface area contributed by atoms with Crippen molar-refractivity contribution in [1.82, 2.24) is 20.5 Å². The molecule has 2 aromatic carbocycles. The lowest BCUT2D eigenvalue weighted by molar-refractivity contribution is -0.119. The molecular formula is C29H27N5O4. The Morgan fingerprint density at radius 2 is 1.84 bits per heavy atom. The third-order valence-corrected chi connectivity index (χ3v) is 7.00. The van der Waals surface area contributed by atoms with Gasteiger partial charge in [-0.15, -0.1) is 0 Å². The number of fused-ring (bicyclic) bond motifs is 3. The van der Waals surface area contributed by atoms with Gasteiger partial charge in [0.25, 0.3) is 5.56 Å². The van der Waals surface area contributed by atoms with Gasteiger partial charge in [-0.25, -0.2) is 9.89 Å². The average Bonchev–Trinajstić information content (AvgIpc) is 3.65. The molecule has 1 aliphatic carbocycles. The van der Waals surface area contributed by atoms with Gasteiger partial charge in [0.1, 0.15) is 5.60 Å². The van der Waals surface area contributed by atoms with Gasteiger partial charge in [0.2, 0.25) is 5.91 Å². The van der Waals surface area contributed by atoms with Gasteiger partial charge in [-0.2, -0.15) is 5.10 Å². The lowest BCUT2D eigenvalue weighted by Crippen LogP contribution is -2.32. The Bertz CT molecular complexity index is 1670. The number of rotatable bonds is 4. The summed E-state index contributed by atoms with van der Waals surface area (Å²) in [5, 5.41) is 10.4. The lowest BCUT2D eigenvalue weighted by Gasteiger charge is -2.19. The molecule has 3 heterocycles. The second-order valence-electron chi connectivity index (χ2n) is 10.8. The van der Waals surface area contributed by atoms with E-state index in [-0.39, 0.29) is 18.0 Å². The first-order valence-electron chi connectivity index (χ1n) is 12.5. The fourth-order valence-electron chi connectivity index (χ4n) is 5.09. The summed E-state index contributed by atoms with van der Waals surface area (Å²) in [6, 6.07) is 15.3. The fourth-order valence-corrected chi connectivity index (χ4v) is 5.09. The van der Waals surface area contributed by atoms with E-state index in [1.807, 2.05) is 36.4 Å². The van der Waals surface area contributed by atoms with Gasteiger partial charge >= 0.3 is 6.09 Å². The number of aromatic nitrogens is 3. The highest BCUT2D eigenvalue weighted by Crippen LogP contribution is 2.58.